The quantitative estimate of drug-likeness (QED) is 0.446. The number of carbonyl (C=O) groups is 1. The predicted octanol–water partition coefficient (Wildman–Crippen LogP) is 1.63. The topological polar surface area (TPSA) is 104 Å². The predicted molar refractivity (Wildman–Crippen MR) is 76.0 cm³/mol. The van der Waals surface area contributed by atoms with Crippen LogP contribution in [0.25, 0.3) is 0 Å². The number of fused-ring (bicyclic) bond motifs is 1. The minimum atomic E-state index is -0.615. The Morgan fingerprint density at radius 1 is 1.43 bits per heavy atom. The van der Waals surface area contributed by atoms with Gasteiger partial charge in [-0.1, -0.05) is 6.42 Å². The summed E-state index contributed by atoms with van der Waals surface area (Å²) in [5.74, 6) is 0.421. The van der Waals surface area contributed by atoms with Crippen LogP contribution in [0.1, 0.15) is 19.3 Å². The zero-order valence-electron chi connectivity index (χ0n) is 11.4. The van der Waals surface area contributed by atoms with E-state index in [2.05, 4.69) is 10.6 Å². The molecule has 3 unspecified atom stereocenters. The Kier molecular flexibility index (Phi) is 3.50. The molecule has 1 aliphatic carbocycles. The minimum Gasteiger partial charge on any atom is -0.508 e. The smallest absolute Gasteiger partial charge is 0.296 e. The molecule has 0 aromatic heterocycles. The third kappa shape index (κ3) is 2.56. The van der Waals surface area contributed by atoms with Crippen LogP contribution in [-0.2, 0) is 4.79 Å². The summed E-state index contributed by atoms with van der Waals surface area (Å²) in [5.41, 5.74) is -0.185. The SMILES string of the molecule is O=C(Nc1ccc(O)cc1[N+](=O)[O-])C1NCC2CCCC21. The number of nitro benzene ring substituents is 1. The van der Waals surface area contributed by atoms with Gasteiger partial charge in [-0.25, -0.2) is 0 Å². The maximum Gasteiger partial charge on any atom is 0.296 e. The first kappa shape index (κ1) is 13.8. The van der Waals surface area contributed by atoms with Crippen molar-refractivity contribution in [3.8, 4) is 5.75 Å². The fourth-order valence-corrected chi connectivity index (χ4v) is 3.46. The molecule has 3 N–H and O–H groups in total. The Balaban J connectivity index is 1.77. The van der Waals surface area contributed by atoms with Crippen LogP contribution in [0.3, 0.4) is 0 Å². The van der Waals surface area contributed by atoms with E-state index in [1.54, 1.807) is 0 Å². The number of nitro groups is 1. The van der Waals surface area contributed by atoms with Crippen LogP contribution in [0.4, 0.5) is 11.4 Å². The van der Waals surface area contributed by atoms with Gasteiger partial charge in [0.05, 0.1) is 17.0 Å². The van der Waals surface area contributed by atoms with Crippen molar-refractivity contribution in [3.63, 3.8) is 0 Å². The van der Waals surface area contributed by atoms with Gasteiger partial charge >= 0.3 is 0 Å². The van der Waals surface area contributed by atoms with Crippen LogP contribution < -0.4 is 10.6 Å². The van der Waals surface area contributed by atoms with Gasteiger partial charge in [-0.2, -0.15) is 0 Å². The second kappa shape index (κ2) is 5.33. The van der Waals surface area contributed by atoms with Crippen molar-refractivity contribution in [2.75, 3.05) is 11.9 Å². The Labute approximate surface area is 121 Å². The number of hydrogen-bond acceptors (Lipinski definition) is 5. The van der Waals surface area contributed by atoms with Crippen molar-refractivity contribution in [3.05, 3.63) is 28.3 Å². The molecule has 0 spiro atoms. The molecule has 7 nitrogen and oxygen atoms in total. The molecule has 2 aliphatic rings. The van der Waals surface area contributed by atoms with Crippen LogP contribution in [0.15, 0.2) is 18.2 Å². The summed E-state index contributed by atoms with van der Waals surface area (Å²) in [7, 11) is 0. The second-order valence-corrected chi connectivity index (χ2v) is 5.69. The van der Waals surface area contributed by atoms with Crippen molar-refractivity contribution in [2.24, 2.45) is 11.8 Å². The van der Waals surface area contributed by atoms with Gasteiger partial charge in [0.1, 0.15) is 11.4 Å². The molecule has 21 heavy (non-hydrogen) atoms. The van der Waals surface area contributed by atoms with Crippen molar-refractivity contribution in [2.45, 2.75) is 25.3 Å². The Hall–Kier alpha value is -2.15. The Bertz CT molecular complexity index is 590. The maximum absolute atomic E-state index is 12.4. The second-order valence-electron chi connectivity index (χ2n) is 5.69. The lowest BCUT2D eigenvalue weighted by atomic mass is 9.93. The number of rotatable bonds is 3. The average Bonchev–Trinajstić information content (AvgIpc) is 3.02. The van der Waals surface area contributed by atoms with Crippen molar-refractivity contribution in [1.29, 1.82) is 0 Å². The van der Waals surface area contributed by atoms with Gasteiger partial charge in [0.15, 0.2) is 0 Å². The summed E-state index contributed by atoms with van der Waals surface area (Å²) in [6.07, 6.45) is 3.30. The molecule has 1 amide bonds. The fraction of sp³-hybridized carbons (Fsp3) is 0.500. The molecule has 1 heterocycles. The van der Waals surface area contributed by atoms with Crippen LogP contribution in [-0.4, -0.2) is 28.5 Å². The summed E-state index contributed by atoms with van der Waals surface area (Å²) in [5, 5.41) is 26.1. The number of nitrogens with one attached hydrogen (secondary N) is 2. The van der Waals surface area contributed by atoms with E-state index in [-0.39, 0.29) is 29.1 Å². The maximum atomic E-state index is 12.4. The number of phenolic OH excluding ortho intramolecular Hbond substituents is 1. The van der Waals surface area contributed by atoms with E-state index in [1.807, 2.05) is 0 Å². The Morgan fingerprint density at radius 2 is 2.24 bits per heavy atom. The highest BCUT2D eigenvalue weighted by atomic mass is 16.6. The highest BCUT2D eigenvalue weighted by Gasteiger charge is 2.42. The molecule has 3 rings (SSSR count). The lowest BCUT2D eigenvalue weighted by Gasteiger charge is -2.17. The van der Waals surface area contributed by atoms with E-state index >= 15 is 0 Å². The van der Waals surface area contributed by atoms with Gasteiger partial charge in [-0.05, 0) is 43.4 Å². The molecule has 7 heteroatoms. The summed E-state index contributed by atoms with van der Waals surface area (Å²) < 4.78 is 0. The standard InChI is InChI=1S/C14H17N3O4/c18-9-4-5-11(12(6-9)17(20)21)16-14(19)13-10-3-1-2-8(10)7-15-13/h4-6,8,10,13,15,18H,1-3,7H2,(H,16,19). The van der Waals surface area contributed by atoms with Gasteiger partial charge in [0, 0.05) is 0 Å². The molecule has 0 radical (unpaired) electrons. The number of aromatic hydroxyl groups is 1. The summed E-state index contributed by atoms with van der Waals surface area (Å²) in [6, 6.07) is 3.43. The lowest BCUT2D eigenvalue weighted by molar-refractivity contribution is -0.384. The molecular weight excluding hydrogens is 274 g/mol. The molecule has 1 saturated carbocycles. The van der Waals surface area contributed by atoms with E-state index < -0.39 is 4.92 Å². The van der Waals surface area contributed by atoms with E-state index in [1.165, 1.54) is 12.1 Å². The van der Waals surface area contributed by atoms with Gasteiger partial charge in [0.2, 0.25) is 5.91 Å². The van der Waals surface area contributed by atoms with Crippen LogP contribution in [0, 0.1) is 22.0 Å². The highest BCUT2D eigenvalue weighted by molar-refractivity contribution is 5.97. The minimum absolute atomic E-state index is 0.117. The number of amides is 1. The van der Waals surface area contributed by atoms with Gasteiger partial charge in [0.25, 0.3) is 5.69 Å². The third-order valence-electron chi connectivity index (χ3n) is 4.46. The molecule has 2 fully saturated rings. The van der Waals surface area contributed by atoms with Crippen molar-refractivity contribution < 1.29 is 14.8 Å². The summed E-state index contributed by atoms with van der Waals surface area (Å²) >= 11 is 0. The first-order chi connectivity index (χ1) is 10.1. The van der Waals surface area contributed by atoms with Crippen molar-refractivity contribution in [1.82, 2.24) is 5.32 Å². The van der Waals surface area contributed by atoms with Gasteiger partial charge < -0.3 is 15.7 Å². The van der Waals surface area contributed by atoms with E-state index in [4.69, 9.17) is 0 Å². The number of nitrogens with zero attached hydrogens (tertiary/aromatic N) is 1. The largest absolute Gasteiger partial charge is 0.508 e. The van der Waals surface area contributed by atoms with E-state index in [0.29, 0.717) is 11.8 Å². The Morgan fingerprint density at radius 3 is 3.00 bits per heavy atom. The van der Waals surface area contributed by atoms with Gasteiger partial charge in [-0.3, -0.25) is 14.9 Å². The van der Waals surface area contributed by atoms with E-state index in [9.17, 15) is 20.0 Å². The summed E-state index contributed by atoms with van der Waals surface area (Å²) in [6.45, 7) is 0.834. The normalized spacial score (nSPS) is 27.3. The fourth-order valence-electron chi connectivity index (χ4n) is 3.46. The zero-order valence-corrected chi connectivity index (χ0v) is 11.4. The molecule has 112 valence electrons. The van der Waals surface area contributed by atoms with Crippen LogP contribution in [0.5, 0.6) is 5.75 Å². The third-order valence-corrected chi connectivity index (χ3v) is 4.46. The number of benzene rings is 1. The molecule has 1 aliphatic heterocycles. The number of carbonyl (C=O) groups excluding carboxylic acids is 1. The first-order valence-electron chi connectivity index (χ1n) is 7.08. The van der Waals surface area contributed by atoms with Crippen molar-refractivity contribution >= 4 is 17.3 Å². The molecular formula is C14H17N3O4. The lowest BCUT2D eigenvalue weighted by Crippen LogP contribution is -2.39. The number of phenols is 1. The van der Waals surface area contributed by atoms with Gasteiger partial charge in [-0.15, -0.1) is 0 Å². The molecule has 1 aromatic rings. The molecule has 3 atom stereocenters. The highest BCUT2D eigenvalue weighted by Crippen LogP contribution is 2.38. The van der Waals surface area contributed by atoms with Crippen LogP contribution in [0.2, 0.25) is 0 Å². The number of anilines is 1. The van der Waals surface area contributed by atoms with E-state index in [0.717, 1.165) is 31.9 Å². The average molecular weight is 291 g/mol. The summed E-state index contributed by atoms with van der Waals surface area (Å²) in [4.78, 5) is 22.7. The van der Waals surface area contributed by atoms with Crippen LogP contribution >= 0.6 is 0 Å². The molecule has 0 bridgehead atoms. The first-order valence-corrected chi connectivity index (χ1v) is 7.08. The number of hydrogen-bond donors (Lipinski definition) is 3. The molecule has 1 aromatic carbocycles. The monoisotopic (exact) mass is 291 g/mol. The zero-order chi connectivity index (χ0) is 15.0. The molecule has 1 saturated heterocycles.